The molecule has 0 spiro atoms. The molecule has 1 unspecified atom stereocenters. The van der Waals surface area contributed by atoms with E-state index in [1.807, 2.05) is 74.5 Å². The lowest BCUT2D eigenvalue weighted by Gasteiger charge is -2.23. The molecule has 0 bridgehead atoms. The summed E-state index contributed by atoms with van der Waals surface area (Å²) in [7, 11) is -0.867. The number of ether oxygens (including phenoxy) is 1. The molecule has 0 aromatic heterocycles. The summed E-state index contributed by atoms with van der Waals surface area (Å²) in [6.07, 6.45) is 0.454. The van der Waals surface area contributed by atoms with Crippen LogP contribution in [0.15, 0.2) is 97.1 Å². The molecule has 0 aliphatic carbocycles. The number of hydrogen-bond donors (Lipinski definition) is 0. The molecule has 0 saturated carbocycles. The van der Waals surface area contributed by atoms with E-state index < -0.39 is 7.92 Å². The lowest BCUT2D eigenvalue weighted by atomic mass is 10.1. The third-order valence-electron chi connectivity index (χ3n) is 4.56. The van der Waals surface area contributed by atoms with Crippen molar-refractivity contribution in [2.24, 2.45) is 0 Å². The Kier molecular flexibility index (Phi) is 6.79. The third-order valence-corrected chi connectivity index (χ3v) is 7.06. The van der Waals surface area contributed by atoms with Gasteiger partial charge in [-0.2, -0.15) is 0 Å². The van der Waals surface area contributed by atoms with Crippen LogP contribution in [0.1, 0.15) is 30.6 Å². The Labute approximate surface area is 168 Å². The Morgan fingerprint density at radius 2 is 1.39 bits per heavy atom. The maximum Gasteiger partial charge on any atom is 0.339 e. The van der Waals surface area contributed by atoms with E-state index in [-0.39, 0.29) is 12.1 Å². The second-order valence-corrected chi connectivity index (χ2v) is 8.86. The summed E-state index contributed by atoms with van der Waals surface area (Å²) in [5, 5.41) is 3.42. The standard InChI is InChI=1S/C25H25O2P/c1-4-23(19(2)3)27-25(26)22-17-11-12-18-24(22)28(20-13-7-5-8-14-20)21-15-9-6-10-16-21/h5-18,23H,2,4H2,1,3H3. The fraction of sp³-hybridized carbons (Fsp3) is 0.160. The predicted molar refractivity (Wildman–Crippen MR) is 119 cm³/mol. The van der Waals surface area contributed by atoms with Crippen molar-refractivity contribution < 1.29 is 9.53 Å². The molecule has 0 heterocycles. The first-order chi connectivity index (χ1) is 13.6. The fourth-order valence-corrected chi connectivity index (χ4v) is 5.58. The second-order valence-electron chi connectivity index (χ2n) is 6.67. The summed E-state index contributed by atoms with van der Waals surface area (Å²) in [6, 6.07) is 28.5. The molecule has 0 radical (unpaired) electrons. The Morgan fingerprint density at radius 1 is 0.893 bits per heavy atom. The lowest BCUT2D eigenvalue weighted by Crippen LogP contribution is -2.27. The number of benzene rings is 3. The van der Waals surface area contributed by atoms with Crippen LogP contribution in [0.4, 0.5) is 0 Å². The number of esters is 1. The number of carbonyl (C=O) groups excluding carboxylic acids is 1. The summed E-state index contributed by atoms with van der Waals surface area (Å²) in [6.45, 7) is 7.85. The van der Waals surface area contributed by atoms with Crippen LogP contribution in [0, 0.1) is 0 Å². The van der Waals surface area contributed by atoms with Crippen LogP contribution in [-0.4, -0.2) is 12.1 Å². The first-order valence-electron chi connectivity index (χ1n) is 9.47. The molecule has 142 valence electrons. The molecule has 1 atom stereocenters. The second kappa shape index (κ2) is 9.48. The third kappa shape index (κ3) is 4.58. The van der Waals surface area contributed by atoms with Crippen molar-refractivity contribution in [1.82, 2.24) is 0 Å². The van der Waals surface area contributed by atoms with Crippen molar-refractivity contribution in [2.45, 2.75) is 26.4 Å². The largest absolute Gasteiger partial charge is 0.454 e. The van der Waals surface area contributed by atoms with Crippen LogP contribution >= 0.6 is 7.92 Å². The van der Waals surface area contributed by atoms with E-state index in [2.05, 4.69) is 30.8 Å². The van der Waals surface area contributed by atoms with Gasteiger partial charge >= 0.3 is 5.97 Å². The zero-order valence-electron chi connectivity index (χ0n) is 16.3. The van der Waals surface area contributed by atoms with Crippen molar-refractivity contribution in [3.8, 4) is 0 Å². The minimum absolute atomic E-state index is 0.264. The molecule has 0 fully saturated rings. The maximum atomic E-state index is 13.1. The molecule has 3 aromatic rings. The van der Waals surface area contributed by atoms with Gasteiger partial charge in [-0.1, -0.05) is 92.4 Å². The first-order valence-corrected chi connectivity index (χ1v) is 10.8. The van der Waals surface area contributed by atoms with E-state index >= 15 is 0 Å². The SMILES string of the molecule is C=C(C)C(CC)OC(=O)c1ccccc1P(c1ccccc1)c1ccccc1. The van der Waals surface area contributed by atoms with Crippen molar-refractivity contribution in [3.63, 3.8) is 0 Å². The van der Waals surface area contributed by atoms with Gasteiger partial charge in [-0.25, -0.2) is 4.79 Å². The van der Waals surface area contributed by atoms with Crippen LogP contribution in [0.3, 0.4) is 0 Å². The molecule has 0 saturated heterocycles. The van der Waals surface area contributed by atoms with Crippen molar-refractivity contribution in [3.05, 3.63) is 103 Å². The summed E-state index contributed by atoms with van der Waals surface area (Å²) in [5.41, 5.74) is 1.49. The molecule has 0 N–H and O–H groups in total. The van der Waals surface area contributed by atoms with E-state index in [4.69, 9.17) is 4.74 Å². The van der Waals surface area contributed by atoms with Gasteiger partial charge < -0.3 is 4.74 Å². The highest BCUT2D eigenvalue weighted by Gasteiger charge is 2.24. The van der Waals surface area contributed by atoms with Gasteiger partial charge in [0.2, 0.25) is 0 Å². The average molecular weight is 388 g/mol. The van der Waals surface area contributed by atoms with E-state index in [9.17, 15) is 4.79 Å². The van der Waals surface area contributed by atoms with Gasteiger partial charge in [-0.3, -0.25) is 0 Å². The van der Waals surface area contributed by atoms with Gasteiger partial charge in [-0.05, 0) is 48.8 Å². The van der Waals surface area contributed by atoms with E-state index in [1.54, 1.807) is 0 Å². The average Bonchev–Trinajstić information content (AvgIpc) is 2.74. The van der Waals surface area contributed by atoms with Gasteiger partial charge in [-0.15, -0.1) is 0 Å². The van der Waals surface area contributed by atoms with Gasteiger partial charge in [0.15, 0.2) is 0 Å². The number of rotatable bonds is 7. The van der Waals surface area contributed by atoms with E-state index in [0.717, 1.165) is 17.3 Å². The number of carbonyl (C=O) groups is 1. The molecular formula is C25H25O2P. The Morgan fingerprint density at radius 3 is 1.89 bits per heavy atom. The molecule has 0 aliphatic heterocycles. The van der Waals surface area contributed by atoms with Gasteiger partial charge in [0.05, 0.1) is 5.56 Å². The molecule has 2 nitrogen and oxygen atoms in total. The first kappa shape index (κ1) is 20.0. The lowest BCUT2D eigenvalue weighted by molar-refractivity contribution is 0.0370. The summed E-state index contributed by atoms with van der Waals surface area (Å²) in [5.74, 6) is -0.287. The smallest absolute Gasteiger partial charge is 0.339 e. The minimum atomic E-state index is -0.867. The van der Waals surface area contributed by atoms with Crippen molar-refractivity contribution >= 4 is 29.8 Å². The Bertz CT molecular complexity index is 896. The molecule has 0 amide bonds. The van der Waals surface area contributed by atoms with Crippen LogP contribution in [0.2, 0.25) is 0 Å². The van der Waals surface area contributed by atoms with Crippen LogP contribution in [0.25, 0.3) is 0 Å². The zero-order valence-corrected chi connectivity index (χ0v) is 17.2. The highest BCUT2D eigenvalue weighted by Crippen LogP contribution is 2.34. The highest BCUT2D eigenvalue weighted by molar-refractivity contribution is 7.80. The Hall–Kier alpha value is -2.70. The monoisotopic (exact) mass is 388 g/mol. The summed E-state index contributed by atoms with van der Waals surface area (Å²) < 4.78 is 5.78. The van der Waals surface area contributed by atoms with Gasteiger partial charge in [0.1, 0.15) is 6.10 Å². The van der Waals surface area contributed by atoms with Gasteiger partial charge in [0.25, 0.3) is 0 Å². The van der Waals surface area contributed by atoms with Gasteiger partial charge in [0, 0.05) is 0 Å². The highest BCUT2D eigenvalue weighted by atomic mass is 31.1. The van der Waals surface area contributed by atoms with Crippen LogP contribution in [-0.2, 0) is 4.74 Å². The summed E-state index contributed by atoms with van der Waals surface area (Å²) in [4.78, 5) is 13.1. The summed E-state index contributed by atoms with van der Waals surface area (Å²) >= 11 is 0. The molecular weight excluding hydrogens is 363 g/mol. The molecule has 3 heteroatoms. The topological polar surface area (TPSA) is 26.3 Å². The predicted octanol–water partition coefficient (Wildman–Crippen LogP) is 4.96. The van der Waals surface area contributed by atoms with Crippen LogP contribution in [0.5, 0.6) is 0 Å². The molecule has 3 rings (SSSR count). The van der Waals surface area contributed by atoms with Crippen molar-refractivity contribution in [1.29, 1.82) is 0 Å². The molecule has 3 aromatic carbocycles. The van der Waals surface area contributed by atoms with E-state index in [1.165, 1.54) is 10.6 Å². The maximum absolute atomic E-state index is 13.1. The zero-order chi connectivity index (χ0) is 19.9. The fourth-order valence-electron chi connectivity index (χ4n) is 3.15. The van der Waals surface area contributed by atoms with E-state index in [0.29, 0.717) is 5.56 Å². The Balaban J connectivity index is 2.07. The molecule has 0 aliphatic rings. The van der Waals surface area contributed by atoms with Crippen molar-refractivity contribution in [2.75, 3.05) is 0 Å². The number of hydrogen-bond acceptors (Lipinski definition) is 2. The minimum Gasteiger partial charge on any atom is -0.454 e. The quantitative estimate of drug-likeness (QED) is 0.325. The van der Waals surface area contributed by atoms with Crippen LogP contribution < -0.4 is 15.9 Å². The molecule has 28 heavy (non-hydrogen) atoms. The normalized spacial score (nSPS) is 11.8.